The molecule has 2 aliphatic rings. The molecule has 1 heterocycles. The number of allylic oxidation sites excluding steroid dienone is 1. The SMILES string of the molecule is CCOC(=O)C1CC(NC(=O)OC(C)(C)C)C2=C(C(C)CC)NOC21. The summed E-state index contributed by atoms with van der Waals surface area (Å²) in [5.74, 6) is -0.501. The van der Waals surface area contributed by atoms with Crippen LogP contribution in [0.4, 0.5) is 4.79 Å². The Kier molecular flexibility index (Phi) is 5.98. The van der Waals surface area contributed by atoms with E-state index in [0.717, 1.165) is 17.7 Å². The molecular formula is C18H30N2O5. The molecule has 0 aromatic carbocycles. The zero-order valence-corrected chi connectivity index (χ0v) is 16.0. The maximum atomic E-state index is 12.3. The van der Waals surface area contributed by atoms with Gasteiger partial charge in [0.15, 0.2) is 0 Å². The molecule has 25 heavy (non-hydrogen) atoms. The summed E-state index contributed by atoms with van der Waals surface area (Å²) < 4.78 is 10.5. The van der Waals surface area contributed by atoms with Gasteiger partial charge >= 0.3 is 12.1 Å². The summed E-state index contributed by atoms with van der Waals surface area (Å²) in [6.45, 7) is 11.7. The van der Waals surface area contributed by atoms with E-state index in [9.17, 15) is 9.59 Å². The number of ether oxygens (including phenoxy) is 2. The Morgan fingerprint density at radius 3 is 2.60 bits per heavy atom. The first-order valence-electron chi connectivity index (χ1n) is 8.99. The van der Waals surface area contributed by atoms with Crippen LogP contribution in [0.15, 0.2) is 11.3 Å². The lowest BCUT2D eigenvalue weighted by molar-refractivity contribution is -0.152. The molecule has 1 fully saturated rings. The van der Waals surface area contributed by atoms with Crippen molar-refractivity contribution in [2.24, 2.45) is 11.8 Å². The van der Waals surface area contributed by atoms with Crippen LogP contribution in [0.3, 0.4) is 0 Å². The van der Waals surface area contributed by atoms with Crippen molar-refractivity contribution in [2.45, 2.75) is 72.1 Å². The Hall–Kier alpha value is -1.76. The van der Waals surface area contributed by atoms with Gasteiger partial charge in [-0.3, -0.25) is 15.1 Å². The van der Waals surface area contributed by atoms with Crippen LogP contribution >= 0.6 is 0 Å². The van der Waals surface area contributed by atoms with Crippen molar-refractivity contribution >= 4 is 12.1 Å². The van der Waals surface area contributed by atoms with Crippen molar-refractivity contribution in [1.82, 2.24) is 10.8 Å². The monoisotopic (exact) mass is 354 g/mol. The average molecular weight is 354 g/mol. The molecule has 2 rings (SSSR count). The van der Waals surface area contributed by atoms with Crippen LogP contribution in [-0.2, 0) is 19.1 Å². The van der Waals surface area contributed by atoms with Gasteiger partial charge in [0.05, 0.1) is 18.6 Å². The number of hydrogen-bond donors (Lipinski definition) is 2. The largest absolute Gasteiger partial charge is 0.466 e. The molecular weight excluding hydrogens is 324 g/mol. The topological polar surface area (TPSA) is 85.9 Å². The lowest BCUT2D eigenvalue weighted by Crippen LogP contribution is -2.39. The Balaban J connectivity index is 2.24. The van der Waals surface area contributed by atoms with E-state index >= 15 is 0 Å². The molecule has 0 aromatic rings. The van der Waals surface area contributed by atoms with Gasteiger partial charge in [0.25, 0.3) is 0 Å². The third-order valence-corrected chi connectivity index (χ3v) is 4.53. The highest BCUT2D eigenvalue weighted by Crippen LogP contribution is 2.41. The average Bonchev–Trinajstić information content (AvgIpc) is 3.06. The Morgan fingerprint density at radius 1 is 1.36 bits per heavy atom. The lowest BCUT2D eigenvalue weighted by Gasteiger charge is -2.23. The van der Waals surface area contributed by atoms with Gasteiger partial charge in [-0.15, -0.1) is 0 Å². The van der Waals surface area contributed by atoms with Gasteiger partial charge in [-0.25, -0.2) is 4.79 Å². The van der Waals surface area contributed by atoms with E-state index in [1.54, 1.807) is 6.92 Å². The van der Waals surface area contributed by atoms with Crippen molar-refractivity contribution in [3.63, 3.8) is 0 Å². The maximum absolute atomic E-state index is 12.3. The molecule has 1 aliphatic heterocycles. The number of rotatable bonds is 5. The molecule has 7 heteroatoms. The summed E-state index contributed by atoms with van der Waals surface area (Å²) in [5.41, 5.74) is 4.26. The molecule has 1 aliphatic carbocycles. The van der Waals surface area contributed by atoms with Crippen molar-refractivity contribution in [3.05, 3.63) is 11.3 Å². The molecule has 2 N–H and O–H groups in total. The van der Waals surface area contributed by atoms with E-state index in [2.05, 4.69) is 24.6 Å². The molecule has 4 atom stereocenters. The van der Waals surface area contributed by atoms with Crippen molar-refractivity contribution < 1.29 is 23.9 Å². The standard InChI is InChI=1S/C18H30N2O5/c1-7-10(3)14-13-12(19-17(22)24-18(4,5)6)9-11(15(13)25-20-14)16(21)23-8-2/h10-12,15,20H,7-9H2,1-6H3,(H,19,22). The summed E-state index contributed by atoms with van der Waals surface area (Å²) in [6.07, 6.45) is 0.455. The number of alkyl carbamates (subject to hydrolysis) is 1. The summed E-state index contributed by atoms with van der Waals surface area (Å²) in [4.78, 5) is 30.2. The van der Waals surface area contributed by atoms with Crippen LogP contribution in [-0.4, -0.2) is 36.4 Å². The highest BCUT2D eigenvalue weighted by atomic mass is 16.7. The van der Waals surface area contributed by atoms with Gasteiger partial charge in [-0.1, -0.05) is 13.8 Å². The van der Waals surface area contributed by atoms with Gasteiger partial charge in [0, 0.05) is 11.3 Å². The molecule has 0 spiro atoms. The van der Waals surface area contributed by atoms with E-state index in [1.807, 2.05) is 20.8 Å². The van der Waals surface area contributed by atoms with Crippen LogP contribution in [0.1, 0.15) is 54.4 Å². The van der Waals surface area contributed by atoms with Crippen molar-refractivity contribution in [3.8, 4) is 0 Å². The molecule has 0 bridgehead atoms. The fourth-order valence-electron chi connectivity index (χ4n) is 3.24. The number of esters is 1. The second-order valence-electron chi connectivity index (χ2n) is 7.61. The van der Waals surface area contributed by atoms with Gasteiger partial charge in [0.1, 0.15) is 11.7 Å². The lowest BCUT2D eigenvalue weighted by atomic mass is 9.96. The summed E-state index contributed by atoms with van der Waals surface area (Å²) >= 11 is 0. The zero-order chi connectivity index (χ0) is 18.8. The first kappa shape index (κ1) is 19.6. The van der Waals surface area contributed by atoms with Gasteiger partial charge in [-0.2, -0.15) is 0 Å². The predicted molar refractivity (Wildman–Crippen MR) is 92.4 cm³/mol. The Labute approximate surface area is 149 Å². The van der Waals surface area contributed by atoms with E-state index in [0.29, 0.717) is 13.0 Å². The minimum atomic E-state index is -0.582. The quantitative estimate of drug-likeness (QED) is 0.738. The number of fused-ring (bicyclic) bond motifs is 1. The van der Waals surface area contributed by atoms with Crippen LogP contribution < -0.4 is 10.8 Å². The van der Waals surface area contributed by atoms with Crippen LogP contribution in [0.25, 0.3) is 0 Å². The number of nitrogens with one attached hydrogen (secondary N) is 2. The first-order chi connectivity index (χ1) is 11.7. The highest BCUT2D eigenvalue weighted by Gasteiger charge is 2.50. The number of hydrogen-bond acceptors (Lipinski definition) is 6. The Morgan fingerprint density at radius 2 is 2.04 bits per heavy atom. The minimum absolute atomic E-state index is 0.240. The third-order valence-electron chi connectivity index (χ3n) is 4.53. The molecule has 142 valence electrons. The second-order valence-corrected chi connectivity index (χ2v) is 7.61. The molecule has 7 nitrogen and oxygen atoms in total. The zero-order valence-electron chi connectivity index (χ0n) is 16.0. The number of hydroxylamine groups is 1. The first-order valence-corrected chi connectivity index (χ1v) is 8.99. The summed E-state index contributed by atoms with van der Waals surface area (Å²) in [7, 11) is 0. The van der Waals surface area contributed by atoms with Gasteiger partial charge < -0.3 is 14.8 Å². The normalized spacial score (nSPS) is 26.7. The summed E-state index contributed by atoms with van der Waals surface area (Å²) in [5, 5.41) is 2.90. The molecule has 1 saturated carbocycles. The molecule has 0 aromatic heterocycles. The third kappa shape index (κ3) is 4.45. The Bertz CT molecular complexity index is 552. The van der Waals surface area contributed by atoms with Gasteiger partial charge in [-0.05, 0) is 46.5 Å². The van der Waals surface area contributed by atoms with Crippen LogP contribution in [0.5, 0.6) is 0 Å². The van der Waals surface area contributed by atoms with E-state index < -0.39 is 23.7 Å². The molecule has 4 unspecified atom stereocenters. The summed E-state index contributed by atoms with van der Waals surface area (Å²) in [6, 6.07) is -0.312. The fourth-order valence-corrected chi connectivity index (χ4v) is 3.24. The number of carbonyl (C=O) groups is 2. The van der Waals surface area contributed by atoms with Crippen LogP contribution in [0.2, 0.25) is 0 Å². The minimum Gasteiger partial charge on any atom is -0.466 e. The molecule has 0 saturated heterocycles. The molecule has 1 amide bonds. The fraction of sp³-hybridized carbons (Fsp3) is 0.778. The number of carbonyl (C=O) groups excluding carboxylic acids is 2. The highest BCUT2D eigenvalue weighted by molar-refractivity contribution is 5.76. The second kappa shape index (κ2) is 7.64. The van der Waals surface area contributed by atoms with Crippen molar-refractivity contribution in [1.29, 1.82) is 0 Å². The van der Waals surface area contributed by atoms with E-state index in [-0.39, 0.29) is 17.9 Å². The smallest absolute Gasteiger partial charge is 0.408 e. The van der Waals surface area contributed by atoms with Crippen LogP contribution in [0, 0.1) is 11.8 Å². The van der Waals surface area contributed by atoms with E-state index in [4.69, 9.17) is 14.3 Å². The maximum Gasteiger partial charge on any atom is 0.408 e. The van der Waals surface area contributed by atoms with E-state index in [1.165, 1.54) is 0 Å². The predicted octanol–water partition coefficient (Wildman–Crippen LogP) is 2.67. The molecule has 0 radical (unpaired) electrons. The van der Waals surface area contributed by atoms with Gasteiger partial charge in [0.2, 0.25) is 0 Å². The number of amides is 1. The van der Waals surface area contributed by atoms with Crippen molar-refractivity contribution in [2.75, 3.05) is 6.61 Å².